The van der Waals surface area contributed by atoms with E-state index in [4.69, 9.17) is 0 Å². The van der Waals surface area contributed by atoms with Crippen molar-refractivity contribution in [2.45, 2.75) is 44.9 Å². The lowest BCUT2D eigenvalue weighted by atomic mass is 9.83. The van der Waals surface area contributed by atoms with Crippen molar-refractivity contribution in [1.29, 1.82) is 0 Å². The highest BCUT2D eigenvalue weighted by Crippen LogP contribution is 2.34. The average Bonchev–Trinajstić information content (AvgIpc) is 2.69. The Morgan fingerprint density at radius 3 is 2.38 bits per heavy atom. The van der Waals surface area contributed by atoms with E-state index >= 15 is 0 Å². The molecule has 0 spiro atoms. The molecule has 1 nitrogen and oxygen atoms in total. The summed E-state index contributed by atoms with van der Waals surface area (Å²) < 4.78 is 2.25. The molecule has 1 saturated carbocycles. The van der Waals surface area contributed by atoms with E-state index in [1.807, 2.05) is 0 Å². The largest absolute Gasteiger partial charge is 0.212 e. The molecule has 1 aliphatic rings. The molecule has 26 heavy (non-hydrogen) atoms. The van der Waals surface area contributed by atoms with Crippen LogP contribution in [-0.2, 0) is 7.05 Å². The Balaban J connectivity index is 1.67. The monoisotopic (exact) mass is 342 g/mol. The Labute approximate surface area is 157 Å². The van der Waals surface area contributed by atoms with E-state index in [1.165, 1.54) is 65.6 Å². The highest BCUT2D eigenvalue weighted by atomic mass is 14.9. The Hall–Kier alpha value is -2.41. The Morgan fingerprint density at radius 1 is 0.808 bits per heavy atom. The SMILES string of the molecule is Cc1ccccc1-c1ccc(-c2cccc(C3CCCCC3)c2)c[n+]1C. The summed E-state index contributed by atoms with van der Waals surface area (Å²) in [6.45, 7) is 2.18. The van der Waals surface area contributed by atoms with Gasteiger partial charge in [0.15, 0.2) is 6.20 Å². The summed E-state index contributed by atoms with van der Waals surface area (Å²) in [5.74, 6) is 0.753. The number of benzene rings is 2. The van der Waals surface area contributed by atoms with Gasteiger partial charge in [0.25, 0.3) is 0 Å². The molecular weight excluding hydrogens is 314 g/mol. The summed E-state index contributed by atoms with van der Waals surface area (Å²) in [4.78, 5) is 0. The van der Waals surface area contributed by atoms with Crippen LogP contribution in [0.4, 0.5) is 0 Å². The van der Waals surface area contributed by atoms with Crippen LogP contribution in [0.2, 0.25) is 0 Å². The van der Waals surface area contributed by atoms with Gasteiger partial charge in [0.2, 0.25) is 5.69 Å². The molecule has 0 bridgehead atoms. The molecule has 3 aromatic rings. The third kappa shape index (κ3) is 3.44. The van der Waals surface area contributed by atoms with Gasteiger partial charge in [-0.15, -0.1) is 0 Å². The van der Waals surface area contributed by atoms with Crippen LogP contribution in [0.15, 0.2) is 66.9 Å². The smallest absolute Gasteiger partial charge is 0.200 e. The molecule has 1 heterocycles. The molecule has 4 rings (SSSR count). The van der Waals surface area contributed by atoms with Gasteiger partial charge in [-0.25, -0.2) is 4.57 Å². The van der Waals surface area contributed by atoms with E-state index in [1.54, 1.807) is 0 Å². The number of pyridine rings is 1. The molecule has 0 N–H and O–H groups in total. The van der Waals surface area contributed by atoms with Crippen molar-refractivity contribution in [2.75, 3.05) is 0 Å². The molecule has 0 amide bonds. The van der Waals surface area contributed by atoms with E-state index in [0.717, 1.165) is 5.92 Å². The van der Waals surface area contributed by atoms with Crippen molar-refractivity contribution < 1.29 is 4.57 Å². The van der Waals surface area contributed by atoms with Crippen LogP contribution in [0.1, 0.15) is 49.1 Å². The Bertz CT molecular complexity index is 904. The first-order valence-electron chi connectivity index (χ1n) is 9.88. The van der Waals surface area contributed by atoms with Gasteiger partial charge in [0.05, 0.1) is 0 Å². The third-order valence-electron chi connectivity index (χ3n) is 5.85. The molecule has 1 heteroatoms. The van der Waals surface area contributed by atoms with Gasteiger partial charge in [-0.2, -0.15) is 0 Å². The molecule has 0 atom stereocenters. The van der Waals surface area contributed by atoms with Crippen LogP contribution < -0.4 is 4.57 Å². The molecule has 0 saturated heterocycles. The maximum absolute atomic E-state index is 2.42. The summed E-state index contributed by atoms with van der Waals surface area (Å²) in [7, 11) is 2.15. The lowest BCUT2D eigenvalue weighted by Gasteiger charge is -2.22. The molecule has 0 aliphatic heterocycles. The lowest BCUT2D eigenvalue weighted by Crippen LogP contribution is -2.30. The van der Waals surface area contributed by atoms with Crippen LogP contribution in [-0.4, -0.2) is 0 Å². The minimum absolute atomic E-state index is 0.753. The van der Waals surface area contributed by atoms with Gasteiger partial charge in [-0.05, 0) is 54.5 Å². The minimum Gasteiger partial charge on any atom is -0.200 e. The normalized spacial score (nSPS) is 15.2. The van der Waals surface area contributed by atoms with Crippen LogP contribution in [0.3, 0.4) is 0 Å². The van der Waals surface area contributed by atoms with E-state index in [0.29, 0.717) is 0 Å². The fourth-order valence-electron chi connectivity index (χ4n) is 4.33. The van der Waals surface area contributed by atoms with Crippen LogP contribution in [0, 0.1) is 6.92 Å². The quantitative estimate of drug-likeness (QED) is 0.499. The average molecular weight is 343 g/mol. The molecule has 0 unspecified atom stereocenters. The number of hydrogen-bond acceptors (Lipinski definition) is 0. The summed E-state index contributed by atoms with van der Waals surface area (Å²) in [5, 5.41) is 0. The maximum Gasteiger partial charge on any atom is 0.212 e. The lowest BCUT2D eigenvalue weighted by molar-refractivity contribution is -0.659. The topological polar surface area (TPSA) is 3.88 Å². The predicted molar refractivity (Wildman–Crippen MR) is 109 cm³/mol. The molecule has 132 valence electrons. The summed E-state index contributed by atoms with van der Waals surface area (Å²) in [6.07, 6.45) is 9.14. The van der Waals surface area contributed by atoms with Crippen molar-refractivity contribution in [3.05, 3.63) is 78.0 Å². The van der Waals surface area contributed by atoms with E-state index in [2.05, 4.69) is 85.4 Å². The van der Waals surface area contributed by atoms with Crippen LogP contribution >= 0.6 is 0 Å². The number of rotatable bonds is 3. The molecule has 2 aromatic carbocycles. The third-order valence-corrected chi connectivity index (χ3v) is 5.85. The van der Waals surface area contributed by atoms with E-state index in [-0.39, 0.29) is 0 Å². The van der Waals surface area contributed by atoms with Gasteiger partial charge in [-0.3, -0.25) is 0 Å². The molecule has 1 aliphatic carbocycles. The first-order chi connectivity index (χ1) is 12.7. The predicted octanol–water partition coefficient (Wildman–Crippen LogP) is 6.20. The van der Waals surface area contributed by atoms with Gasteiger partial charge in [-0.1, -0.05) is 61.7 Å². The van der Waals surface area contributed by atoms with Gasteiger partial charge in [0, 0.05) is 17.2 Å². The highest BCUT2D eigenvalue weighted by Gasteiger charge is 2.17. The van der Waals surface area contributed by atoms with Gasteiger partial charge in [0.1, 0.15) is 7.05 Å². The standard InChI is InChI=1S/C25H28N/c1-19-9-6-7-14-24(19)25-16-15-23(18-26(25)2)22-13-8-12-21(17-22)20-10-4-3-5-11-20/h6-9,12-18,20H,3-5,10-11H2,1-2H3/q+1. The zero-order valence-electron chi connectivity index (χ0n) is 15.9. The number of hydrogen-bond donors (Lipinski definition) is 0. The number of aryl methyl sites for hydroxylation is 2. The second-order valence-electron chi connectivity index (χ2n) is 7.69. The summed E-state index contributed by atoms with van der Waals surface area (Å²) in [6, 6.07) is 22.3. The van der Waals surface area contributed by atoms with Gasteiger partial charge >= 0.3 is 0 Å². The molecule has 1 aromatic heterocycles. The van der Waals surface area contributed by atoms with Crippen molar-refractivity contribution in [1.82, 2.24) is 0 Å². The molecule has 0 radical (unpaired) electrons. The van der Waals surface area contributed by atoms with Crippen molar-refractivity contribution in [3.8, 4) is 22.4 Å². The Morgan fingerprint density at radius 2 is 1.62 bits per heavy atom. The minimum atomic E-state index is 0.753. The highest BCUT2D eigenvalue weighted by molar-refractivity contribution is 5.66. The molecule has 1 fully saturated rings. The fourth-order valence-corrected chi connectivity index (χ4v) is 4.33. The van der Waals surface area contributed by atoms with Crippen molar-refractivity contribution >= 4 is 0 Å². The zero-order valence-corrected chi connectivity index (χ0v) is 15.9. The maximum atomic E-state index is 2.42. The van der Waals surface area contributed by atoms with E-state index < -0.39 is 0 Å². The van der Waals surface area contributed by atoms with Crippen molar-refractivity contribution in [3.63, 3.8) is 0 Å². The zero-order chi connectivity index (χ0) is 17.9. The fraction of sp³-hybridized carbons (Fsp3) is 0.320. The van der Waals surface area contributed by atoms with Gasteiger partial charge < -0.3 is 0 Å². The van der Waals surface area contributed by atoms with E-state index in [9.17, 15) is 0 Å². The first kappa shape index (κ1) is 17.0. The number of aromatic nitrogens is 1. The molecular formula is C25H28N+. The summed E-state index contributed by atoms with van der Waals surface area (Å²) in [5.41, 5.74) is 8.03. The second kappa shape index (κ2) is 7.45. The second-order valence-corrected chi connectivity index (χ2v) is 7.69. The van der Waals surface area contributed by atoms with Crippen LogP contribution in [0.5, 0.6) is 0 Å². The Kier molecular flexibility index (Phi) is 4.88. The summed E-state index contributed by atoms with van der Waals surface area (Å²) >= 11 is 0. The number of nitrogens with zero attached hydrogens (tertiary/aromatic N) is 1. The van der Waals surface area contributed by atoms with Crippen LogP contribution in [0.25, 0.3) is 22.4 Å². The first-order valence-corrected chi connectivity index (χ1v) is 9.88. The van der Waals surface area contributed by atoms with Crippen molar-refractivity contribution in [2.24, 2.45) is 7.05 Å².